The first-order valence-corrected chi connectivity index (χ1v) is 10.3. The molecule has 4 rings (SSSR count). The molecule has 1 fully saturated rings. The average Bonchev–Trinajstić information content (AvgIpc) is 2.74. The van der Waals surface area contributed by atoms with Gasteiger partial charge in [0.2, 0.25) is 0 Å². The molecular formula is C22H26ClNO5. The summed E-state index contributed by atoms with van der Waals surface area (Å²) in [4.78, 5) is 0. The molecule has 2 heterocycles. The molecule has 2 aliphatic rings. The van der Waals surface area contributed by atoms with Crippen molar-refractivity contribution in [3.63, 3.8) is 0 Å². The van der Waals surface area contributed by atoms with Gasteiger partial charge in [-0.1, -0.05) is 29.8 Å². The molecule has 0 bridgehead atoms. The van der Waals surface area contributed by atoms with Crippen molar-refractivity contribution >= 4 is 17.3 Å². The molecule has 6 nitrogen and oxygen atoms in total. The lowest BCUT2D eigenvalue weighted by atomic mass is 9.87. The third-order valence-corrected chi connectivity index (χ3v) is 5.99. The van der Waals surface area contributed by atoms with Gasteiger partial charge in [0.15, 0.2) is 0 Å². The van der Waals surface area contributed by atoms with Crippen LogP contribution in [0.2, 0.25) is 5.02 Å². The molecule has 0 radical (unpaired) electrons. The Bertz CT molecular complexity index is 870. The Labute approximate surface area is 175 Å². The van der Waals surface area contributed by atoms with E-state index >= 15 is 0 Å². The minimum absolute atomic E-state index is 0.209. The van der Waals surface area contributed by atoms with Gasteiger partial charge in [0.25, 0.3) is 0 Å². The minimum Gasteiger partial charge on any atom is -0.490 e. The van der Waals surface area contributed by atoms with Crippen LogP contribution in [0.15, 0.2) is 36.4 Å². The van der Waals surface area contributed by atoms with Crippen LogP contribution in [0.5, 0.6) is 5.75 Å². The van der Waals surface area contributed by atoms with Crippen LogP contribution in [0.4, 0.5) is 5.69 Å². The minimum atomic E-state index is -1.13. The van der Waals surface area contributed by atoms with Gasteiger partial charge in [0.05, 0.1) is 31.1 Å². The summed E-state index contributed by atoms with van der Waals surface area (Å²) in [5, 5.41) is 33.6. The Kier molecular flexibility index (Phi) is 5.99. The third-order valence-electron chi connectivity index (χ3n) is 5.62. The van der Waals surface area contributed by atoms with E-state index in [2.05, 4.69) is 11.4 Å². The van der Waals surface area contributed by atoms with Crippen LogP contribution in [0.3, 0.4) is 0 Å². The van der Waals surface area contributed by atoms with Crippen LogP contribution in [-0.2, 0) is 11.2 Å². The first-order chi connectivity index (χ1) is 14.0. The number of halogens is 1. The molecule has 2 atom stereocenters. The summed E-state index contributed by atoms with van der Waals surface area (Å²) in [7, 11) is 0. The predicted octanol–water partition coefficient (Wildman–Crippen LogP) is 2.67. The molecule has 2 aromatic carbocycles. The second-order valence-electron chi connectivity index (χ2n) is 7.83. The number of anilines is 1. The van der Waals surface area contributed by atoms with Gasteiger partial charge in [0, 0.05) is 24.4 Å². The smallest absolute Gasteiger partial charge is 0.142 e. The molecule has 7 heteroatoms. The highest BCUT2D eigenvalue weighted by Crippen LogP contribution is 2.38. The van der Waals surface area contributed by atoms with Crippen molar-refractivity contribution < 1.29 is 24.8 Å². The maximum absolute atomic E-state index is 10.3. The molecule has 2 aromatic rings. The molecule has 0 aliphatic carbocycles. The largest absolute Gasteiger partial charge is 0.490 e. The van der Waals surface area contributed by atoms with E-state index < -0.39 is 17.8 Å². The summed E-state index contributed by atoms with van der Waals surface area (Å²) >= 11 is 6.46. The summed E-state index contributed by atoms with van der Waals surface area (Å²) in [5.74, 6) is 0.855. The third kappa shape index (κ3) is 4.37. The number of aliphatic hydroxyl groups excluding tert-OH is 3. The maximum atomic E-state index is 10.3. The zero-order valence-electron chi connectivity index (χ0n) is 16.1. The fraction of sp³-hybridized carbons (Fsp3) is 0.455. The van der Waals surface area contributed by atoms with Crippen molar-refractivity contribution in [3.05, 3.63) is 58.1 Å². The Hall–Kier alpha value is -1.83. The van der Waals surface area contributed by atoms with Gasteiger partial charge in [-0.2, -0.15) is 0 Å². The average molecular weight is 420 g/mol. The highest BCUT2D eigenvalue weighted by atomic mass is 35.5. The number of rotatable bonds is 5. The van der Waals surface area contributed by atoms with E-state index in [1.165, 1.54) is 0 Å². The predicted molar refractivity (Wildman–Crippen MR) is 111 cm³/mol. The summed E-state index contributed by atoms with van der Waals surface area (Å²) in [6, 6.07) is 11.7. The van der Waals surface area contributed by atoms with Crippen molar-refractivity contribution in [2.45, 2.75) is 37.1 Å². The molecule has 2 aliphatic heterocycles. The molecule has 0 spiro atoms. The van der Waals surface area contributed by atoms with Crippen molar-refractivity contribution in [1.29, 1.82) is 0 Å². The SMILES string of the molecule is OCC1(CO)CC(O)CC(c2ccc(Cl)c(Cc3ccc4c(c3)NCCO4)c2)O1. The summed E-state index contributed by atoms with van der Waals surface area (Å²) < 4.78 is 11.7. The van der Waals surface area contributed by atoms with E-state index in [1.54, 1.807) is 0 Å². The summed E-state index contributed by atoms with van der Waals surface area (Å²) in [5.41, 5.74) is 2.77. The van der Waals surface area contributed by atoms with Crippen molar-refractivity contribution in [1.82, 2.24) is 0 Å². The molecule has 2 unspecified atom stereocenters. The monoisotopic (exact) mass is 419 g/mol. The van der Waals surface area contributed by atoms with Crippen molar-refractivity contribution in [2.24, 2.45) is 0 Å². The number of nitrogens with one attached hydrogen (secondary N) is 1. The zero-order chi connectivity index (χ0) is 20.4. The van der Waals surface area contributed by atoms with Gasteiger partial charge in [-0.25, -0.2) is 0 Å². The lowest BCUT2D eigenvalue weighted by Crippen LogP contribution is -2.48. The number of benzene rings is 2. The topological polar surface area (TPSA) is 91.2 Å². The van der Waals surface area contributed by atoms with E-state index in [9.17, 15) is 15.3 Å². The van der Waals surface area contributed by atoms with Crippen LogP contribution in [0.1, 0.15) is 35.6 Å². The van der Waals surface area contributed by atoms with Gasteiger partial charge < -0.3 is 30.1 Å². The number of fused-ring (bicyclic) bond motifs is 1. The van der Waals surface area contributed by atoms with E-state index in [0.29, 0.717) is 24.5 Å². The first-order valence-electron chi connectivity index (χ1n) is 9.87. The van der Waals surface area contributed by atoms with Gasteiger partial charge in [-0.05, 0) is 41.3 Å². The van der Waals surface area contributed by atoms with E-state index in [0.717, 1.165) is 34.7 Å². The molecule has 0 amide bonds. The highest BCUT2D eigenvalue weighted by Gasteiger charge is 2.41. The Morgan fingerprint density at radius 2 is 1.97 bits per heavy atom. The molecule has 4 N–H and O–H groups in total. The van der Waals surface area contributed by atoms with Crippen molar-refractivity contribution in [3.8, 4) is 5.75 Å². The standard InChI is InChI=1S/C22H26ClNO5/c23-18-3-2-15(21-10-17(27)11-22(12-25,13-26)29-21)9-16(18)7-14-1-4-20-19(8-14)24-5-6-28-20/h1-4,8-9,17,21,24-27H,5-7,10-13H2. The van der Waals surface area contributed by atoms with Gasteiger partial charge in [0.1, 0.15) is 18.0 Å². The first kappa shape index (κ1) is 20.4. The van der Waals surface area contributed by atoms with Gasteiger partial charge in [-0.3, -0.25) is 0 Å². The molecule has 0 aromatic heterocycles. The fourth-order valence-electron chi connectivity index (χ4n) is 4.06. The molecule has 156 valence electrons. The summed E-state index contributed by atoms with van der Waals surface area (Å²) in [6.45, 7) is 0.755. The lowest BCUT2D eigenvalue weighted by molar-refractivity contribution is -0.198. The number of ether oxygens (including phenoxy) is 2. The number of hydrogen-bond acceptors (Lipinski definition) is 6. The number of hydrogen-bond donors (Lipinski definition) is 4. The van der Waals surface area contributed by atoms with Gasteiger partial charge in [-0.15, -0.1) is 0 Å². The second kappa shape index (κ2) is 8.50. The van der Waals surface area contributed by atoms with Crippen molar-refractivity contribution in [2.75, 3.05) is 31.7 Å². The lowest BCUT2D eigenvalue weighted by Gasteiger charge is -2.41. The van der Waals surface area contributed by atoms with E-state index in [1.807, 2.05) is 30.3 Å². The van der Waals surface area contributed by atoms with E-state index in [4.69, 9.17) is 21.1 Å². The zero-order valence-corrected chi connectivity index (χ0v) is 16.9. The number of aliphatic hydroxyl groups is 3. The quantitative estimate of drug-likeness (QED) is 0.595. The Balaban J connectivity index is 1.58. The van der Waals surface area contributed by atoms with E-state index in [-0.39, 0.29) is 19.6 Å². The van der Waals surface area contributed by atoms with Crippen LogP contribution < -0.4 is 10.1 Å². The Morgan fingerprint density at radius 1 is 1.14 bits per heavy atom. The second-order valence-corrected chi connectivity index (χ2v) is 8.24. The molecule has 29 heavy (non-hydrogen) atoms. The molecule has 0 saturated carbocycles. The molecular weight excluding hydrogens is 394 g/mol. The summed E-state index contributed by atoms with van der Waals surface area (Å²) in [6.07, 6.45) is 0.179. The van der Waals surface area contributed by atoms with Crippen LogP contribution in [0, 0.1) is 0 Å². The van der Waals surface area contributed by atoms with Crippen LogP contribution >= 0.6 is 11.6 Å². The molecule has 1 saturated heterocycles. The van der Waals surface area contributed by atoms with Crippen LogP contribution in [0.25, 0.3) is 0 Å². The van der Waals surface area contributed by atoms with Crippen LogP contribution in [-0.4, -0.2) is 53.4 Å². The van der Waals surface area contributed by atoms with Gasteiger partial charge >= 0.3 is 0 Å². The Morgan fingerprint density at radius 3 is 2.76 bits per heavy atom. The normalized spacial score (nSPS) is 23.0. The fourth-order valence-corrected chi connectivity index (χ4v) is 4.25. The highest BCUT2D eigenvalue weighted by molar-refractivity contribution is 6.31. The maximum Gasteiger partial charge on any atom is 0.142 e.